The quantitative estimate of drug-likeness (QED) is 0.220. The van der Waals surface area contributed by atoms with Crippen LogP contribution in [0.2, 0.25) is 0 Å². The number of nitrogens with zero attached hydrogens (tertiary/aromatic N) is 4. The number of piperidine rings is 1. The molecule has 2 heterocycles. The number of aliphatic hydroxyl groups is 1. The fraction of sp³-hybridized carbons (Fsp3) is 0.700. The summed E-state index contributed by atoms with van der Waals surface area (Å²) in [5, 5.41) is 13.4. The molecule has 9 heteroatoms. The van der Waals surface area contributed by atoms with Crippen LogP contribution in [-0.2, 0) is 9.63 Å². The first kappa shape index (κ1) is 30.9. The molecule has 0 saturated carbocycles. The first-order valence-corrected chi connectivity index (χ1v) is 14.5. The molecule has 3 rings (SSSR count). The third-order valence-corrected chi connectivity index (χ3v) is 7.97. The third-order valence-electron chi connectivity index (χ3n) is 7.97. The van der Waals surface area contributed by atoms with E-state index in [1.807, 2.05) is 32.9 Å². The number of aliphatic hydroxyl groups excluding tert-OH is 1. The van der Waals surface area contributed by atoms with Crippen LogP contribution >= 0.6 is 0 Å². The van der Waals surface area contributed by atoms with Gasteiger partial charge in [0.25, 0.3) is 0 Å². The first-order valence-electron chi connectivity index (χ1n) is 14.5. The number of carbonyl (C=O) groups excluding carboxylic acids is 1. The van der Waals surface area contributed by atoms with E-state index in [0.29, 0.717) is 18.9 Å². The first-order chi connectivity index (χ1) is 18.6. The van der Waals surface area contributed by atoms with Crippen molar-refractivity contribution in [1.82, 2.24) is 14.8 Å². The van der Waals surface area contributed by atoms with Crippen molar-refractivity contribution in [2.24, 2.45) is 28.8 Å². The smallest absolute Gasteiger partial charge is 0.226 e. The fourth-order valence-corrected chi connectivity index (χ4v) is 4.99. The van der Waals surface area contributed by atoms with Gasteiger partial charge in [-0.1, -0.05) is 39.6 Å². The van der Waals surface area contributed by atoms with Gasteiger partial charge in [0, 0.05) is 32.0 Å². The molecule has 1 amide bonds. The number of carbonyl (C=O) groups is 1. The van der Waals surface area contributed by atoms with E-state index in [1.54, 1.807) is 18.1 Å². The number of hydrogen-bond acceptors (Lipinski definition) is 7. The van der Waals surface area contributed by atoms with Gasteiger partial charge < -0.3 is 25.3 Å². The van der Waals surface area contributed by atoms with Crippen molar-refractivity contribution in [2.45, 2.75) is 79.0 Å². The second-order valence-electron chi connectivity index (χ2n) is 11.7. The summed E-state index contributed by atoms with van der Waals surface area (Å²) in [6, 6.07) is 3.83. The number of amides is 1. The summed E-state index contributed by atoms with van der Waals surface area (Å²) in [4.78, 5) is 27.1. The number of allylic oxidation sites excluding steroid dienone is 2. The van der Waals surface area contributed by atoms with E-state index in [2.05, 4.69) is 35.0 Å². The van der Waals surface area contributed by atoms with E-state index in [-0.39, 0.29) is 48.4 Å². The lowest BCUT2D eigenvalue weighted by molar-refractivity contribution is -0.137. The maximum Gasteiger partial charge on any atom is 0.226 e. The number of nitrogens with one attached hydrogen (secondary N) is 1. The van der Waals surface area contributed by atoms with Crippen LogP contribution in [-0.4, -0.2) is 77.3 Å². The van der Waals surface area contributed by atoms with Crippen LogP contribution in [0, 0.1) is 23.7 Å². The second-order valence-corrected chi connectivity index (χ2v) is 11.7. The molecule has 39 heavy (non-hydrogen) atoms. The SMILES string of the molecule is CC(C)/C([NH-])=N/OC(C(C)C)N1CCC(COc2ccc(C3=CCC(C(=O)N(C)[C@H](C)CO)CC3)nc2)CC1. The van der Waals surface area contributed by atoms with E-state index in [0.717, 1.165) is 50.2 Å². The van der Waals surface area contributed by atoms with Gasteiger partial charge >= 0.3 is 0 Å². The standard InChI is InChI=1S/C30H48N5O4/c1-20(2)28(31)33-39-30(21(3)4)35-15-13-23(14-16-35)19-38-26-11-12-27(32-17-26)24-7-9-25(10-8-24)29(37)34(6)22(5)18-36/h7,11-12,17,20-23,25,30,36H,8-10,13-16,18-19H2,1-6H3,(H-,31,33)/q-1/t22-,25?,30?/m1/s1. The number of amidine groups is 1. The predicted molar refractivity (Wildman–Crippen MR) is 155 cm³/mol. The molecular formula is C30H48N5O4-. The summed E-state index contributed by atoms with van der Waals surface area (Å²) in [6.45, 7) is 12.5. The van der Waals surface area contributed by atoms with Crippen molar-refractivity contribution < 1.29 is 19.5 Å². The monoisotopic (exact) mass is 542 g/mol. The van der Waals surface area contributed by atoms with Crippen LogP contribution in [0.25, 0.3) is 11.3 Å². The minimum atomic E-state index is -0.164. The van der Waals surface area contributed by atoms with Gasteiger partial charge in [-0.15, -0.1) is 0 Å². The molecule has 2 N–H and O–H groups in total. The van der Waals surface area contributed by atoms with E-state index >= 15 is 0 Å². The second kappa shape index (κ2) is 14.7. The Hall–Kier alpha value is -2.65. The highest BCUT2D eigenvalue weighted by molar-refractivity contribution is 5.90. The van der Waals surface area contributed by atoms with Gasteiger partial charge in [-0.25, -0.2) is 0 Å². The molecular weight excluding hydrogens is 494 g/mol. The van der Waals surface area contributed by atoms with Gasteiger partial charge in [-0.2, -0.15) is 0 Å². The normalized spacial score (nSPS) is 21.0. The summed E-state index contributed by atoms with van der Waals surface area (Å²) in [7, 11) is 1.77. The highest BCUT2D eigenvalue weighted by atomic mass is 16.7. The van der Waals surface area contributed by atoms with E-state index in [9.17, 15) is 9.90 Å². The van der Waals surface area contributed by atoms with Gasteiger partial charge in [-0.3, -0.25) is 19.8 Å². The minimum Gasteiger partial charge on any atom is -0.492 e. The molecule has 1 aliphatic heterocycles. The number of likely N-dealkylation sites (tertiary alicyclic amines) is 1. The topological polar surface area (TPSA) is 111 Å². The van der Waals surface area contributed by atoms with E-state index < -0.39 is 0 Å². The maximum atomic E-state index is 12.7. The lowest BCUT2D eigenvalue weighted by Crippen LogP contribution is -2.45. The molecule has 1 saturated heterocycles. The highest BCUT2D eigenvalue weighted by Gasteiger charge is 2.29. The highest BCUT2D eigenvalue weighted by Crippen LogP contribution is 2.31. The van der Waals surface area contributed by atoms with Crippen molar-refractivity contribution in [3.63, 3.8) is 0 Å². The maximum absolute atomic E-state index is 12.7. The van der Waals surface area contributed by atoms with Crippen LogP contribution < -0.4 is 4.74 Å². The Morgan fingerprint density at radius 2 is 1.92 bits per heavy atom. The fourth-order valence-electron chi connectivity index (χ4n) is 4.99. The Morgan fingerprint density at radius 3 is 2.46 bits per heavy atom. The van der Waals surface area contributed by atoms with Crippen molar-refractivity contribution in [2.75, 3.05) is 33.4 Å². The minimum absolute atomic E-state index is 0.0245. The molecule has 0 bridgehead atoms. The van der Waals surface area contributed by atoms with Crippen LogP contribution in [0.4, 0.5) is 0 Å². The van der Waals surface area contributed by atoms with Crippen LogP contribution in [0.5, 0.6) is 5.75 Å². The van der Waals surface area contributed by atoms with Crippen molar-refractivity contribution in [3.8, 4) is 5.75 Å². The average Bonchev–Trinajstić information content (AvgIpc) is 2.95. The lowest BCUT2D eigenvalue weighted by atomic mass is 9.87. The van der Waals surface area contributed by atoms with Gasteiger partial charge in [0.15, 0.2) is 6.23 Å². The summed E-state index contributed by atoms with van der Waals surface area (Å²) >= 11 is 0. The van der Waals surface area contributed by atoms with Crippen molar-refractivity contribution >= 4 is 17.3 Å². The molecule has 2 aliphatic rings. The molecule has 2 unspecified atom stereocenters. The van der Waals surface area contributed by atoms with Crippen LogP contribution in [0.15, 0.2) is 29.6 Å². The number of ether oxygens (including phenoxy) is 1. The van der Waals surface area contributed by atoms with E-state index in [4.69, 9.17) is 15.3 Å². The Bertz CT molecular complexity index is 970. The molecule has 1 fully saturated rings. The van der Waals surface area contributed by atoms with Gasteiger partial charge in [0.1, 0.15) is 5.75 Å². The Morgan fingerprint density at radius 1 is 1.21 bits per heavy atom. The number of aromatic nitrogens is 1. The zero-order chi connectivity index (χ0) is 28.5. The molecule has 1 aromatic heterocycles. The summed E-state index contributed by atoms with van der Waals surface area (Å²) < 4.78 is 6.10. The summed E-state index contributed by atoms with van der Waals surface area (Å²) in [5.74, 6) is 1.94. The summed E-state index contributed by atoms with van der Waals surface area (Å²) in [5.41, 5.74) is 10.0. The van der Waals surface area contributed by atoms with Gasteiger partial charge in [0.05, 0.1) is 31.1 Å². The predicted octanol–water partition coefficient (Wildman–Crippen LogP) is 5.22. The van der Waals surface area contributed by atoms with Crippen molar-refractivity contribution in [3.05, 3.63) is 35.8 Å². The van der Waals surface area contributed by atoms with Gasteiger partial charge in [0.2, 0.25) is 5.91 Å². The largest absolute Gasteiger partial charge is 0.492 e. The Labute approximate surface area is 234 Å². The molecule has 3 atom stereocenters. The molecule has 218 valence electrons. The number of rotatable bonds is 12. The lowest BCUT2D eigenvalue weighted by Gasteiger charge is -2.39. The molecule has 0 radical (unpaired) electrons. The zero-order valence-electron chi connectivity index (χ0n) is 24.6. The van der Waals surface area contributed by atoms with Gasteiger partial charge in [-0.05, 0) is 68.6 Å². The molecule has 0 spiro atoms. The molecule has 9 nitrogen and oxygen atoms in total. The molecule has 1 aliphatic carbocycles. The third kappa shape index (κ3) is 8.67. The van der Waals surface area contributed by atoms with E-state index in [1.165, 1.54) is 5.57 Å². The molecule has 1 aromatic rings. The number of pyridine rings is 1. The molecule has 0 aromatic carbocycles. The number of oxime groups is 1. The summed E-state index contributed by atoms with van der Waals surface area (Å²) in [6.07, 6.45) is 8.18. The van der Waals surface area contributed by atoms with Crippen LogP contribution in [0.3, 0.4) is 0 Å². The number of hydrogen-bond donors (Lipinski definition) is 1. The Kier molecular flexibility index (Phi) is 11.6. The number of likely N-dealkylation sites (N-methyl/N-ethyl adjacent to an activating group) is 1. The average molecular weight is 543 g/mol. The Balaban J connectivity index is 1.45. The van der Waals surface area contributed by atoms with Crippen molar-refractivity contribution in [1.29, 1.82) is 0 Å². The zero-order valence-corrected chi connectivity index (χ0v) is 24.6. The van der Waals surface area contributed by atoms with Crippen LogP contribution in [0.1, 0.15) is 72.4 Å².